The summed E-state index contributed by atoms with van der Waals surface area (Å²) in [6.45, 7) is 6.35. The van der Waals surface area contributed by atoms with Gasteiger partial charge in [0.1, 0.15) is 6.10 Å². The number of esters is 1. The van der Waals surface area contributed by atoms with Gasteiger partial charge in [-0.2, -0.15) is 0 Å². The van der Waals surface area contributed by atoms with Crippen LogP contribution in [0.1, 0.15) is 220 Å². The second kappa shape index (κ2) is 42.0. The smallest absolute Gasteiger partial charge is 0.306 e. The fourth-order valence-electron chi connectivity index (χ4n) is 6.61. The van der Waals surface area contributed by atoms with Crippen molar-refractivity contribution in [1.29, 1.82) is 0 Å². The van der Waals surface area contributed by atoms with Crippen LogP contribution >= 0.6 is 0 Å². The molecule has 0 saturated carbocycles. The first-order valence-corrected chi connectivity index (χ1v) is 22.9. The number of rotatable bonds is 40. The zero-order valence-electron chi connectivity index (χ0n) is 35.6. The van der Waals surface area contributed by atoms with Crippen molar-refractivity contribution in [3.05, 3.63) is 48.6 Å². The third kappa shape index (κ3) is 36.8. The molecule has 0 aliphatic rings. The first-order chi connectivity index (χ1) is 26.5. The van der Waals surface area contributed by atoms with E-state index in [2.05, 4.69) is 74.7 Å². The minimum Gasteiger partial charge on any atom is -0.462 e. The number of aliphatic hydroxyl groups excluding tert-OH is 2. The summed E-state index contributed by atoms with van der Waals surface area (Å²) in [4.78, 5) is 25.9. The molecule has 0 aliphatic heterocycles. The van der Waals surface area contributed by atoms with Crippen molar-refractivity contribution in [1.82, 2.24) is 5.32 Å². The van der Waals surface area contributed by atoms with Crippen LogP contribution in [0.4, 0.5) is 0 Å². The predicted molar refractivity (Wildman–Crippen MR) is 232 cm³/mol. The molecule has 0 spiro atoms. The highest BCUT2D eigenvalue weighted by molar-refractivity contribution is 5.77. The third-order valence-electron chi connectivity index (χ3n) is 10.1. The van der Waals surface area contributed by atoms with E-state index in [1.54, 1.807) is 0 Å². The van der Waals surface area contributed by atoms with Gasteiger partial charge >= 0.3 is 5.97 Å². The number of unbranched alkanes of at least 4 members (excludes halogenated alkanes) is 20. The molecule has 6 nitrogen and oxygen atoms in total. The van der Waals surface area contributed by atoms with E-state index in [1.807, 2.05) is 0 Å². The monoisotopic (exact) mass is 758 g/mol. The molecule has 0 bridgehead atoms. The average molecular weight is 758 g/mol. The summed E-state index contributed by atoms with van der Waals surface area (Å²) in [7, 11) is 0. The normalized spacial score (nSPS) is 13.8. The van der Waals surface area contributed by atoms with Crippen LogP contribution in [0.15, 0.2) is 48.6 Å². The highest BCUT2D eigenvalue weighted by Gasteiger charge is 2.24. The quantitative estimate of drug-likeness (QED) is 0.0329. The number of nitrogens with one attached hydrogen (secondary N) is 1. The molecular weight excluding hydrogens is 671 g/mol. The Kier molecular flexibility index (Phi) is 40.3. The Labute approximate surface area is 334 Å². The molecule has 0 heterocycles. The average Bonchev–Trinajstić information content (AvgIpc) is 3.16. The molecule has 54 heavy (non-hydrogen) atoms. The fraction of sp³-hybridized carbons (Fsp3) is 0.792. The maximum Gasteiger partial charge on any atom is 0.306 e. The van der Waals surface area contributed by atoms with E-state index in [9.17, 15) is 19.8 Å². The molecule has 6 heteroatoms. The minimum absolute atomic E-state index is 0.0481. The second-order valence-electron chi connectivity index (χ2n) is 15.4. The highest BCUT2D eigenvalue weighted by Crippen LogP contribution is 2.16. The van der Waals surface area contributed by atoms with E-state index in [0.29, 0.717) is 19.3 Å². The second-order valence-corrected chi connectivity index (χ2v) is 15.4. The van der Waals surface area contributed by atoms with Gasteiger partial charge in [0.2, 0.25) is 5.91 Å². The molecule has 0 rings (SSSR count). The molecule has 3 N–H and O–H groups in total. The van der Waals surface area contributed by atoms with Crippen LogP contribution in [-0.4, -0.2) is 46.9 Å². The fourth-order valence-corrected chi connectivity index (χ4v) is 6.61. The number of hydrogen-bond acceptors (Lipinski definition) is 5. The lowest BCUT2D eigenvalue weighted by Crippen LogP contribution is -2.46. The molecule has 314 valence electrons. The summed E-state index contributed by atoms with van der Waals surface area (Å²) in [6, 6.07) is -0.712. The lowest BCUT2D eigenvalue weighted by molar-refractivity contribution is -0.151. The molecule has 0 aromatic rings. The standard InChI is InChI=1S/C48H87NO5/c1-4-7-10-13-16-19-22-23-24-25-26-27-30-33-36-39-44(54-48(53)41-38-35-32-29-21-18-15-12-9-6-3)42-47(52)49-45(43-50)46(51)40-37-34-31-28-20-17-14-11-8-5-2/h12,15-16,19,23-24,26-27,44-46,50-51H,4-11,13-14,17-18,20-22,25,28-43H2,1-3H3,(H,49,52)/b15-12-,19-16-,24-23-,27-26-. The van der Waals surface area contributed by atoms with Gasteiger partial charge in [0.25, 0.3) is 0 Å². The molecule has 3 unspecified atom stereocenters. The van der Waals surface area contributed by atoms with Crippen LogP contribution in [0.2, 0.25) is 0 Å². The molecule has 1 amide bonds. The largest absolute Gasteiger partial charge is 0.462 e. The zero-order valence-corrected chi connectivity index (χ0v) is 35.6. The number of carbonyl (C=O) groups is 2. The van der Waals surface area contributed by atoms with Gasteiger partial charge in [-0.25, -0.2) is 0 Å². The van der Waals surface area contributed by atoms with E-state index in [0.717, 1.165) is 83.5 Å². The molecule has 0 saturated heterocycles. The number of amides is 1. The van der Waals surface area contributed by atoms with Crippen LogP contribution in [0.5, 0.6) is 0 Å². The van der Waals surface area contributed by atoms with Gasteiger partial charge in [0.05, 0.1) is 25.2 Å². The van der Waals surface area contributed by atoms with E-state index in [1.165, 1.54) is 89.9 Å². The molecule has 3 atom stereocenters. The summed E-state index contributed by atoms with van der Waals surface area (Å²) in [6.07, 6.45) is 48.8. The Balaban J connectivity index is 4.69. The number of hydrogen-bond donors (Lipinski definition) is 3. The van der Waals surface area contributed by atoms with Crippen molar-refractivity contribution < 1.29 is 24.5 Å². The predicted octanol–water partition coefficient (Wildman–Crippen LogP) is 13.1. The Morgan fingerprint density at radius 3 is 1.57 bits per heavy atom. The van der Waals surface area contributed by atoms with E-state index < -0.39 is 18.2 Å². The Morgan fingerprint density at radius 2 is 0.981 bits per heavy atom. The first kappa shape index (κ1) is 51.8. The maximum absolute atomic E-state index is 13.1. The molecule has 0 aromatic heterocycles. The summed E-state index contributed by atoms with van der Waals surface area (Å²) < 4.78 is 5.87. The minimum atomic E-state index is -0.796. The number of ether oxygens (including phenoxy) is 1. The maximum atomic E-state index is 13.1. The van der Waals surface area contributed by atoms with Gasteiger partial charge in [-0.05, 0) is 83.5 Å². The van der Waals surface area contributed by atoms with Crippen molar-refractivity contribution in [2.24, 2.45) is 0 Å². The Morgan fingerprint density at radius 1 is 0.537 bits per heavy atom. The molecule has 0 fully saturated rings. The molecule has 0 aliphatic carbocycles. The lowest BCUT2D eigenvalue weighted by atomic mass is 10.0. The van der Waals surface area contributed by atoms with Gasteiger partial charge in [-0.1, -0.05) is 172 Å². The van der Waals surface area contributed by atoms with Crippen LogP contribution in [-0.2, 0) is 14.3 Å². The third-order valence-corrected chi connectivity index (χ3v) is 10.1. The first-order valence-electron chi connectivity index (χ1n) is 22.9. The van der Waals surface area contributed by atoms with Crippen molar-refractivity contribution in [2.75, 3.05) is 6.61 Å². The van der Waals surface area contributed by atoms with Crippen LogP contribution in [0.3, 0.4) is 0 Å². The van der Waals surface area contributed by atoms with Crippen LogP contribution in [0, 0.1) is 0 Å². The van der Waals surface area contributed by atoms with Gasteiger partial charge in [0, 0.05) is 6.42 Å². The highest BCUT2D eigenvalue weighted by atomic mass is 16.5. The molecule has 0 aromatic carbocycles. The summed E-state index contributed by atoms with van der Waals surface area (Å²) in [5, 5.41) is 23.6. The van der Waals surface area contributed by atoms with E-state index in [-0.39, 0.29) is 24.9 Å². The summed E-state index contributed by atoms with van der Waals surface area (Å²) >= 11 is 0. The SMILES string of the molecule is CCC/C=C\CCCCCCCC(=O)OC(CCCC/C=C\C/C=C\C/C=C\CCCCC)CC(=O)NC(CO)C(O)CCCCCCCCCCCC. The number of aliphatic hydroxyl groups is 2. The summed E-state index contributed by atoms with van der Waals surface area (Å²) in [5.41, 5.74) is 0. The lowest BCUT2D eigenvalue weighted by Gasteiger charge is -2.24. The van der Waals surface area contributed by atoms with Gasteiger partial charge in [0.15, 0.2) is 0 Å². The van der Waals surface area contributed by atoms with Crippen LogP contribution in [0.25, 0.3) is 0 Å². The topological polar surface area (TPSA) is 95.9 Å². The molecule has 0 radical (unpaired) electrons. The Hall–Kier alpha value is -2.18. The number of carbonyl (C=O) groups excluding carboxylic acids is 2. The van der Waals surface area contributed by atoms with Crippen molar-refractivity contribution >= 4 is 11.9 Å². The molecular formula is C48H87NO5. The van der Waals surface area contributed by atoms with Gasteiger partial charge in [-0.3, -0.25) is 9.59 Å². The zero-order chi connectivity index (χ0) is 39.6. The van der Waals surface area contributed by atoms with Crippen LogP contribution < -0.4 is 5.32 Å². The van der Waals surface area contributed by atoms with E-state index in [4.69, 9.17) is 4.74 Å². The van der Waals surface area contributed by atoms with Crippen molar-refractivity contribution in [3.63, 3.8) is 0 Å². The summed E-state index contributed by atoms with van der Waals surface area (Å²) in [5.74, 6) is -0.526. The van der Waals surface area contributed by atoms with Crippen molar-refractivity contribution in [2.45, 2.75) is 238 Å². The van der Waals surface area contributed by atoms with Crippen molar-refractivity contribution in [3.8, 4) is 0 Å². The van der Waals surface area contributed by atoms with Gasteiger partial charge < -0.3 is 20.3 Å². The number of allylic oxidation sites excluding steroid dienone is 8. The van der Waals surface area contributed by atoms with Gasteiger partial charge in [-0.15, -0.1) is 0 Å². The van der Waals surface area contributed by atoms with E-state index >= 15 is 0 Å². The Bertz CT molecular complexity index is 941.